The van der Waals surface area contributed by atoms with Crippen molar-refractivity contribution in [1.29, 1.82) is 0 Å². The number of benzene rings is 1. The summed E-state index contributed by atoms with van der Waals surface area (Å²) in [6.45, 7) is 3.52. The van der Waals surface area contributed by atoms with E-state index >= 15 is 0 Å². The third-order valence-corrected chi connectivity index (χ3v) is 5.62. The number of halogens is 3. The molecule has 9 heteroatoms. The first kappa shape index (κ1) is 20.2. The van der Waals surface area contributed by atoms with E-state index in [-0.39, 0.29) is 11.7 Å². The highest BCUT2D eigenvalue weighted by molar-refractivity contribution is 5.84. The lowest BCUT2D eigenvalue weighted by Crippen LogP contribution is -2.31. The van der Waals surface area contributed by atoms with E-state index in [2.05, 4.69) is 14.9 Å². The highest BCUT2D eigenvalue weighted by Gasteiger charge is 2.50. The summed E-state index contributed by atoms with van der Waals surface area (Å²) in [6.07, 6.45) is -1.33. The third-order valence-electron chi connectivity index (χ3n) is 5.62. The van der Waals surface area contributed by atoms with Gasteiger partial charge in [-0.25, -0.2) is 0 Å². The average molecular weight is 419 g/mol. The molecule has 0 aliphatic heterocycles. The van der Waals surface area contributed by atoms with Gasteiger partial charge in [-0.15, -0.1) is 23.4 Å². The van der Waals surface area contributed by atoms with Gasteiger partial charge in [0.15, 0.2) is 5.65 Å². The highest BCUT2D eigenvalue weighted by atomic mass is 19.4. The topological polar surface area (TPSA) is 65.7 Å². The van der Waals surface area contributed by atoms with E-state index in [1.807, 2.05) is 22.7 Å². The lowest BCUT2D eigenvalue weighted by atomic mass is 9.85. The molecule has 30 heavy (non-hydrogen) atoms. The Bertz CT molecular complexity index is 1100. The molecular formula is C21H20F3N3O3. The number of aromatic nitrogens is 3. The minimum Gasteiger partial charge on any atom is -0.468 e. The van der Waals surface area contributed by atoms with Crippen LogP contribution >= 0.6 is 0 Å². The minimum atomic E-state index is -4.73. The number of carbonyl (C=O) groups is 1. The number of hydrogen-bond acceptors (Lipinski definition) is 5. The summed E-state index contributed by atoms with van der Waals surface area (Å²) in [5.41, 5.74) is 0.703. The van der Waals surface area contributed by atoms with Crippen LogP contribution in [0.1, 0.15) is 43.6 Å². The van der Waals surface area contributed by atoms with E-state index < -0.39 is 17.2 Å². The number of hydrogen-bond donors (Lipinski definition) is 0. The van der Waals surface area contributed by atoms with Gasteiger partial charge in [0.2, 0.25) is 0 Å². The van der Waals surface area contributed by atoms with Gasteiger partial charge in [-0.1, -0.05) is 18.2 Å². The van der Waals surface area contributed by atoms with Gasteiger partial charge in [-0.2, -0.15) is 0 Å². The molecule has 3 aromatic rings. The van der Waals surface area contributed by atoms with Gasteiger partial charge in [-0.05, 0) is 50.5 Å². The molecule has 1 aromatic carbocycles. The smallest absolute Gasteiger partial charge is 0.468 e. The largest absolute Gasteiger partial charge is 0.573 e. The van der Waals surface area contributed by atoms with Crippen molar-refractivity contribution in [2.45, 2.75) is 43.9 Å². The molecule has 2 aromatic heterocycles. The summed E-state index contributed by atoms with van der Waals surface area (Å²) in [7, 11) is 1.34. The number of nitrogens with zero attached hydrogens (tertiary/aromatic N) is 3. The van der Waals surface area contributed by atoms with Gasteiger partial charge in [0.05, 0.1) is 17.9 Å². The Balaban J connectivity index is 1.74. The van der Waals surface area contributed by atoms with Crippen molar-refractivity contribution in [3.63, 3.8) is 0 Å². The van der Waals surface area contributed by atoms with Crippen molar-refractivity contribution in [3.8, 4) is 5.75 Å². The summed E-state index contributed by atoms with van der Waals surface area (Å²) < 4.78 is 48.0. The van der Waals surface area contributed by atoms with E-state index in [0.717, 1.165) is 18.4 Å². The summed E-state index contributed by atoms with van der Waals surface area (Å²) >= 11 is 0. The number of pyridine rings is 1. The zero-order valence-corrected chi connectivity index (χ0v) is 16.7. The molecule has 1 saturated carbocycles. The van der Waals surface area contributed by atoms with Gasteiger partial charge >= 0.3 is 12.3 Å². The first-order chi connectivity index (χ1) is 14.1. The van der Waals surface area contributed by atoms with Crippen LogP contribution in [-0.2, 0) is 20.4 Å². The molecule has 0 spiro atoms. The SMILES string of the molecule is COC(=O)C(C)(C)c1cccn2c(C3(c4ccc(OC(F)(F)F)cc4)CC3)nnc12. The van der Waals surface area contributed by atoms with E-state index in [0.29, 0.717) is 17.0 Å². The van der Waals surface area contributed by atoms with Crippen molar-refractivity contribution in [2.75, 3.05) is 7.11 Å². The van der Waals surface area contributed by atoms with Crippen molar-refractivity contribution in [2.24, 2.45) is 0 Å². The minimum absolute atomic E-state index is 0.268. The predicted octanol–water partition coefficient (Wildman–Crippen LogP) is 4.16. The first-order valence-electron chi connectivity index (χ1n) is 9.38. The fourth-order valence-corrected chi connectivity index (χ4v) is 3.84. The Morgan fingerprint density at radius 3 is 2.33 bits per heavy atom. The van der Waals surface area contributed by atoms with Crippen LogP contribution in [0.4, 0.5) is 13.2 Å². The molecule has 4 rings (SSSR count). The number of carbonyl (C=O) groups excluding carboxylic acids is 1. The standard InChI is InChI=1S/C21H20F3N3O3/c1-19(2,18(28)29-3)15-5-4-12-27-16(15)25-26-17(27)20(10-11-20)13-6-8-14(9-7-13)30-21(22,23)24/h4-9,12H,10-11H2,1-3H3. The first-order valence-corrected chi connectivity index (χ1v) is 9.38. The Hall–Kier alpha value is -3.10. The third kappa shape index (κ3) is 3.28. The molecule has 158 valence electrons. The van der Waals surface area contributed by atoms with E-state index in [1.165, 1.54) is 19.2 Å². The molecule has 0 amide bonds. The maximum atomic E-state index is 12.4. The maximum Gasteiger partial charge on any atom is 0.573 e. The molecule has 1 aliphatic rings. The van der Waals surface area contributed by atoms with Gasteiger partial charge < -0.3 is 9.47 Å². The van der Waals surface area contributed by atoms with Gasteiger partial charge in [0.25, 0.3) is 0 Å². The van der Waals surface area contributed by atoms with Crippen LogP contribution in [0.5, 0.6) is 5.75 Å². The van der Waals surface area contributed by atoms with Crippen LogP contribution in [0.2, 0.25) is 0 Å². The van der Waals surface area contributed by atoms with Crippen molar-refractivity contribution < 1.29 is 27.4 Å². The van der Waals surface area contributed by atoms with Gasteiger partial charge in [0, 0.05) is 11.8 Å². The fourth-order valence-electron chi connectivity index (χ4n) is 3.84. The molecule has 0 radical (unpaired) electrons. The number of methoxy groups -OCH3 is 1. The van der Waals surface area contributed by atoms with Crippen LogP contribution < -0.4 is 4.74 Å². The molecule has 0 bridgehead atoms. The van der Waals surface area contributed by atoms with Crippen LogP contribution in [0.15, 0.2) is 42.6 Å². The van der Waals surface area contributed by atoms with Crippen molar-refractivity contribution in [3.05, 3.63) is 59.5 Å². The zero-order valence-electron chi connectivity index (χ0n) is 16.7. The van der Waals surface area contributed by atoms with Gasteiger partial charge in [0.1, 0.15) is 11.6 Å². The van der Waals surface area contributed by atoms with E-state index in [9.17, 15) is 18.0 Å². The summed E-state index contributed by atoms with van der Waals surface area (Å²) in [4.78, 5) is 12.3. The Kier molecular flexibility index (Phi) is 4.52. The summed E-state index contributed by atoms with van der Waals surface area (Å²) in [6, 6.07) is 9.48. The molecule has 0 atom stereocenters. The number of esters is 1. The van der Waals surface area contributed by atoms with Crippen LogP contribution in [0.3, 0.4) is 0 Å². The van der Waals surface area contributed by atoms with Crippen LogP contribution in [0, 0.1) is 0 Å². The van der Waals surface area contributed by atoms with Crippen LogP contribution in [-0.4, -0.2) is 34.0 Å². The molecule has 6 nitrogen and oxygen atoms in total. The normalized spacial score (nSPS) is 15.8. The second-order valence-corrected chi connectivity index (χ2v) is 7.91. The molecule has 0 saturated heterocycles. The average Bonchev–Trinajstić information content (AvgIpc) is 3.38. The second-order valence-electron chi connectivity index (χ2n) is 7.91. The Morgan fingerprint density at radius 1 is 1.10 bits per heavy atom. The van der Waals surface area contributed by atoms with Crippen molar-refractivity contribution in [1.82, 2.24) is 14.6 Å². The predicted molar refractivity (Wildman–Crippen MR) is 101 cm³/mol. The molecule has 1 aliphatic carbocycles. The highest BCUT2D eigenvalue weighted by Crippen LogP contribution is 2.53. The lowest BCUT2D eigenvalue weighted by molar-refractivity contribution is -0.274. The van der Waals surface area contributed by atoms with E-state index in [4.69, 9.17) is 4.74 Å². The molecule has 0 N–H and O–H groups in total. The Morgan fingerprint density at radius 2 is 1.77 bits per heavy atom. The number of ether oxygens (including phenoxy) is 2. The molecule has 0 unspecified atom stereocenters. The zero-order chi connectivity index (χ0) is 21.7. The summed E-state index contributed by atoms with van der Waals surface area (Å²) in [5, 5.41) is 8.73. The lowest BCUT2D eigenvalue weighted by Gasteiger charge is -2.22. The quantitative estimate of drug-likeness (QED) is 0.581. The fraction of sp³-hybridized carbons (Fsp3) is 0.381. The second kappa shape index (κ2) is 6.72. The Labute approximate surface area is 170 Å². The van der Waals surface area contributed by atoms with Gasteiger partial charge in [-0.3, -0.25) is 9.20 Å². The number of rotatable bonds is 5. The monoisotopic (exact) mass is 419 g/mol. The van der Waals surface area contributed by atoms with E-state index in [1.54, 1.807) is 26.0 Å². The molecular weight excluding hydrogens is 399 g/mol. The number of fused-ring (bicyclic) bond motifs is 1. The molecule has 1 fully saturated rings. The summed E-state index contributed by atoms with van der Waals surface area (Å²) in [5.74, 6) is 0.0290. The van der Waals surface area contributed by atoms with Crippen LogP contribution in [0.25, 0.3) is 5.65 Å². The maximum absolute atomic E-state index is 12.4. The number of alkyl halides is 3. The molecule has 2 heterocycles. The van der Waals surface area contributed by atoms with Crippen molar-refractivity contribution >= 4 is 11.6 Å².